The molecule has 3 aromatic rings. The van der Waals surface area contributed by atoms with Crippen LogP contribution in [-0.2, 0) is 0 Å². The van der Waals surface area contributed by atoms with Crippen molar-refractivity contribution < 1.29 is 0 Å². The Hall–Kier alpha value is -2.39. The van der Waals surface area contributed by atoms with Gasteiger partial charge in [-0.3, -0.25) is 10.3 Å². The smallest absolute Gasteiger partial charge is 0.108 e. The fraction of sp³-hybridized carbons (Fsp3) is 0.211. The minimum Gasteiger partial charge on any atom is -0.350 e. The molecule has 1 unspecified atom stereocenters. The number of hydrogen-bond acceptors (Lipinski definition) is 3. The maximum atomic E-state index is 4.86. The van der Waals surface area contributed by atoms with E-state index >= 15 is 0 Å². The quantitative estimate of drug-likeness (QED) is 0.684. The summed E-state index contributed by atoms with van der Waals surface area (Å²) < 4.78 is 0. The molecule has 0 amide bonds. The minimum atomic E-state index is 0.252. The van der Waals surface area contributed by atoms with Crippen molar-refractivity contribution in [2.45, 2.75) is 13.1 Å². The third kappa shape index (κ3) is 1.46. The summed E-state index contributed by atoms with van der Waals surface area (Å²) in [7, 11) is 0. The molecule has 5 rings (SSSR count). The molecule has 3 nitrogen and oxygen atoms in total. The summed E-state index contributed by atoms with van der Waals surface area (Å²) in [6, 6.07) is 17.2. The normalized spacial score (nSPS) is 19.0. The summed E-state index contributed by atoms with van der Waals surface area (Å²) in [5.41, 5.74) is 7.58. The van der Waals surface area contributed by atoms with E-state index in [9.17, 15) is 0 Å². The van der Waals surface area contributed by atoms with Crippen LogP contribution in [0.4, 0.5) is 5.69 Å². The van der Waals surface area contributed by atoms with Gasteiger partial charge in [-0.15, -0.1) is 0 Å². The van der Waals surface area contributed by atoms with Gasteiger partial charge >= 0.3 is 0 Å². The van der Waals surface area contributed by atoms with E-state index in [0.29, 0.717) is 0 Å². The van der Waals surface area contributed by atoms with Gasteiger partial charge in [0.2, 0.25) is 0 Å². The molecule has 2 aliphatic rings. The van der Waals surface area contributed by atoms with Crippen LogP contribution >= 0.6 is 0 Å². The van der Waals surface area contributed by atoms with Crippen LogP contribution in [0.1, 0.15) is 17.4 Å². The first-order chi connectivity index (χ1) is 10.8. The second-order valence-corrected chi connectivity index (χ2v) is 6.07. The number of rotatable bonds is 0. The Labute approximate surface area is 129 Å². The van der Waals surface area contributed by atoms with E-state index in [1.165, 1.54) is 27.8 Å². The average Bonchev–Trinajstić information content (AvgIpc) is 3.04. The molecular weight excluding hydrogens is 270 g/mol. The summed E-state index contributed by atoms with van der Waals surface area (Å²) in [5.74, 6) is 0. The topological polar surface area (TPSA) is 28.2 Å². The molecule has 1 aromatic heterocycles. The number of hydrogen-bond donors (Lipinski definition) is 1. The summed E-state index contributed by atoms with van der Waals surface area (Å²) >= 11 is 0. The van der Waals surface area contributed by atoms with Crippen LogP contribution in [0.15, 0.2) is 48.5 Å². The van der Waals surface area contributed by atoms with Crippen molar-refractivity contribution >= 4 is 16.6 Å². The van der Waals surface area contributed by atoms with Crippen LogP contribution in [0.2, 0.25) is 0 Å². The van der Waals surface area contributed by atoms with Crippen LogP contribution < -0.4 is 10.2 Å². The van der Waals surface area contributed by atoms with E-state index in [2.05, 4.69) is 65.7 Å². The Morgan fingerprint density at radius 2 is 1.91 bits per heavy atom. The van der Waals surface area contributed by atoms with Crippen molar-refractivity contribution in [2.24, 2.45) is 0 Å². The molecule has 3 heterocycles. The molecule has 1 N–H and O–H groups in total. The number of aromatic nitrogens is 1. The van der Waals surface area contributed by atoms with Crippen LogP contribution in [0.25, 0.3) is 22.0 Å². The molecular formula is C19H17N3. The fourth-order valence-electron chi connectivity index (χ4n) is 3.99. The van der Waals surface area contributed by atoms with Crippen LogP contribution in [-0.4, -0.2) is 18.1 Å². The second kappa shape index (κ2) is 4.31. The van der Waals surface area contributed by atoms with Gasteiger partial charge in [0.25, 0.3) is 0 Å². The Balaban J connectivity index is 1.97. The fourth-order valence-corrected chi connectivity index (χ4v) is 3.99. The third-order valence-corrected chi connectivity index (χ3v) is 4.88. The van der Waals surface area contributed by atoms with Gasteiger partial charge in [-0.25, -0.2) is 0 Å². The number of para-hydroxylation sites is 2. The molecule has 108 valence electrons. The molecule has 3 heteroatoms. The Morgan fingerprint density at radius 3 is 2.86 bits per heavy atom. The summed E-state index contributed by atoms with van der Waals surface area (Å²) in [6.07, 6.45) is 0.252. The zero-order valence-corrected chi connectivity index (χ0v) is 12.5. The summed E-state index contributed by atoms with van der Waals surface area (Å²) in [5, 5.41) is 4.90. The van der Waals surface area contributed by atoms with E-state index in [0.717, 1.165) is 24.3 Å². The van der Waals surface area contributed by atoms with E-state index in [1.807, 2.05) is 0 Å². The predicted octanol–water partition coefficient (Wildman–Crippen LogP) is 3.63. The number of aryl methyl sites for hydroxylation is 1. The third-order valence-electron chi connectivity index (χ3n) is 4.88. The van der Waals surface area contributed by atoms with Gasteiger partial charge in [-0.05, 0) is 19.1 Å². The van der Waals surface area contributed by atoms with Gasteiger partial charge in [0.15, 0.2) is 0 Å². The van der Waals surface area contributed by atoms with E-state index in [4.69, 9.17) is 4.98 Å². The van der Waals surface area contributed by atoms with Gasteiger partial charge < -0.3 is 4.90 Å². The van der Waals surface area contributed by atoms with E-state index < -0.39 is 0 Å². The van der Waals surface area contributed by atoms with Crippen molar-refractivity contribution in [1.82, 2.24) is 10.3 Å². The highest BCUT2D eigenvalue weighted by Crippen LogP contribution is 2.48. The van der Waals surface area contributed by atoms with Crippen molar-refractivity contribution in [2.75, 3.05) is 18.0 Å². The highest BCUT2D eigenvalue weighted by Gasteiger charge is 2.36. The van der Waals surface area contributed by atoms with Gasteiger partial charge in [-0.2, -0.15) is 0 Å². The first-order valence-corrected chi connectivity index (χ1v) is 7.83. The van der Waals surface area contributed by atoms with E-state index in [1.54, 1.807) is 0 Å². The average molecular weight is 287 g/mol. The lowest BCUT2D eigenvalue weighted by Gasteiger charge is -2.36. The Kier molecular flexibility index (Phi) is 2.38. The Bertz CT molecular complexity index is 900. The van der Waals surface area contributed by atoms with Crippen LogP contribution in [0, 0.1) is 6.92 Å². The molecule has 2 aliphatic heterocycles. The standard InChI is InChI=1S/C19H17N3/c1-12-17-18(13-6-2-4-8-15(13)21-12)14-7-3-5-9-16(14)22-11-10-20-19(17)22/h2-9,19-20H,10-11H2,1H3. The molecule has 22 heavy (non-hydrogen) atoms. The zero-order valence-electron chi connectivity index (χ0n) is 12.5. The van der Waals surface area contributed by atoms with Crippen molar-refractivity contribution in [3.8, 4) is 11.1 Å². The van der Waals surface area contributed by atoms with E-state index in [-0.39, 0.29) is 6.17 Å². The summed E-state index contributed by atoms with van der Waals surface area (Å²) in [6.45, 7) is 4.20. The number of fused-ring (bicyclic) bond motifs is 8. The van der Waals surface area contributed by atoms with Gasteiger partial charge in [0.05, 0.1) is 5.52 Å². The molecule has 2 aromatic carbocycles. The lowest BCUT2D eigenvalue weighted by Crippen LogP contribution is -2.32. The van der Waals surface area contributed by atoms with Crippen LogP contribution in [0.5, 0.6) is 0 Å². The number of anilines is 1. The van der Waals surface area contributed by atoms with Gasteiger partial charge in [-0.1, -0.05) is 36.4 Å². The number of nitrogens with one attached hydrogen (secondary N) is 1. The molecule has 0 aliphatic carbocycles. The van der Waals surface area contributed by atoms with Crippen molar-refractivity contribution in [1.29, 1.82) is 0 Å². The minimum absolute atomic E-state index is 0.252. The zero-order chi connectivity index (χ0) is 14.7. The number of nitrogens with zero attached hydrogens (tertiary/aromatic N) is 2. The maximum Gasteiger partial charge on any atom is 0.108 e. The largest absolute Gasteiger partial charge is 0.350 e. The molecule has 0 radical (unpaired) electrons. The van der Waals surface area contributed by atoms with Gasteiger partial charge in [0, 0.05) is 46.5 Å². The SMILES string of the molecule is Cc1nc2ccccc2c2c1C1NCCN1c1ccccc1-2. The second-order valence-electron chi connectivity index (χ2n) is 6.07. The molecule has 0 spiro atoms. The molecule has 1 atom stereocenters. The maximum absolute atomic E-state index is 4.86. The first-order valence-electron chi connectivity index (χ1n) is 7.83. The number of benzene rings is 2. The lowest BCUT2D eigenvalue weighted by molar-refractivity contribution is 0.634. The highest BCUT2D eigenvalue weighted by atomic mass is 15.3. The molecule has 1 fully saturated rings. The molecule has 1 saturated heterocycles. The first kappa shape index (κ1) is 12.2. The Morgan fingerprint density at radius 1 is 1.09 bits per heavy atom. The monoisotopic (exact) mass is 287 g/mol. The highest BCUT2D eigenvalue weighted by molar-refractivity contribution is 6.01. The van der Waals surface area contributed by atoms with Gasteiger partial charge in [0.1, 0.15) is 6.17 Å². The summed E-state index contributed by atoms with van der Waals surface area (Å²) in [4.78, 5) is 7.33. The lowest BCUT2D eigenvalue weighted by atomic mass is 9.88. The van der Waals surface area contributed by atoms with Crippen molar-refractivity contribution in [3.05, 3.63) is 59.8 Å². The molecule has 0 bridgehead atoms. The molecule has 0 saturated carbocycles. The number of pyridine rings is 1. The predicted molar refractivity (Wildman–Crippen MR) is 90.0 cm³/mol. The van der Waals surface area contributed by atoms with Crippen molar-refractivity contribution in [3.63, 3.8) is 0 Å². The van der Waals surface area contributed by atoms with Crippen LogP contribution in [0.3, 0.4) is 0 Å².